The normalized spacial score (nSPS) is 16.5. The zero-order valence-electron chi connectivity index (χ0n) is 16.3. The molecule has 0 spiro atoms. The lowest BCUT2D eigenvalue weighted by atomic mass is 9.97. The van der Waals surface area contributed by atoms with Gasteiger partial charge in [-0.05, 0) is 55.7 Å². The molecule has 6 heteroatoms. The quantitative estimate of drug-likeness (QED) is 0.665. The summed E-state index contributed by atoms with van der Waals surface area (Å²) < 4.78 is 0. The van der Waals surface area contributed by atoms with Gasteiger partial charge in [0.25, 0.3) is 0 Å². The standard InChI is InChI=1S/C23H23ClN4O/c1-16-5-2-3-7-20(16)25-23(29)18-6-4-14-28(15-18)22-13-12-21(26-27-22)17-8-10-19(24)11-9-17/h2-3,5,7-13,18H,4,6,14-15H2,1H3,(H,25,29). The third-order valence-corrected chi connectivity index (χ3v) is 5.56. The van der Waals surface area contributed by atoms with Crippen LogP contribution in [0.25, 0.3) is 11.3 Å². The molecule has 1 aliphatic heterocycles. The van der Waals surface area contributed by atoms with E-state index in [0.717, 1.165) is 47.7 Å². The monoisotopic (exact) mass is 406 g/mol. The Bertz CT molecular complexity index is 989. The molecule has 1 aromatic heterocycles. The summed E-state index contributed by atoms with van der Waals surface area (Å²) in [5.41, 5.74) is 3.72. The van der Waals surface area contributed by atoms with Gasteiger partial charge in [0.1, 0.15) is 0 Å². The first-order valence-electron chi connectivity index (χ1n) is 9.81. The predicted octanol–water partition coefficient (Wildman–Crippen LogP) is 4.96. The highest BCUT2D eigenvalue weighted by Crippen LogP contribution is 2.25. The van der Waals surface area contributed by atoms with Crippen molar-refractivity contribution in [3.05, 3.63) is 71.2 Å². The zero-order valence-corrected chi connectivity index (χ0v) is 17.1. The number of carbonyl (C=O) groups excluding carboxylic acids is 1. The predicted molar refractivity (Wildman–Crippen MR) is 117 cm³/mol. The van der Waals surface area contributed by atoms with Crippen LogP contribution in [-0.4, -0.2) is 29.2 Å². The number of rotatable bonds is 4. The molecule has 4 rings (SSSR count). The van der Waals surface area contributed by atoms with Crippen molar-refractivity contribution in [3.63, 3.8) is 0 Å². The minimum absolute atomic E-state index is 0.0646. The highest BCUT2D eigenvalue weighted by molar-refractivity contribution is 6.30. The average molecular weight is 407 g/mol. The molecular weight excluding hydrogens is 384 g/mol. The number of aryl methyl sites for hydroxylation is 1. The Kier molecular flexibility index (Phi) is 5.76. The van der Waals surface area contributed by atoms with Crippen LogP contribution in [0.15, 0.2) is 60.7 Å². The first-order valence-corrected chi connectivity index (χ1v) is 10.2. The first-order chi connectivity index (χ1) is 14.1. The second kappa shape index (κ2) is 8.62. The van der Waals surface area contributed by atoms with Gasteiger partial charge in [-0.3, -0.25) is 4.79 Å². The van der Waals surface area contributed by atoms with Crippen molar-refractivity contribution >= 4 is 29.0 Å². The molecule has 2 aromatic carbocycles. The Morgan fingerprint density at radius 3 is 2.59 bits per heavy atom. The summed E-state index contributed by atoms with van der Waals surface area (Å²) in [5.74, 6) is 0.798. The number of nitrogens with zero attached hydrogens (tertiary/aromatic N) is 3. The highest BCUT2D eigenvalue weighted by atomic mass is 35.5. The van der Waals surface area contributed by atoms with E-state index in [1.54, 1.807) is 0 Å². The van der Waals surface area contributed by atoms with E-state index in [9.17, 15) is 4.79 Å². The molecule has 1 fully saturated rings. The SMILES string of the molecule is Cc1ccccc1NC(=O)C1CCCN(c2ccc(-c3ccc(Cl)cc3)nn2)C1. The number of hydrogen-bond donors (Lipinski definition) is 1. The number of nitrogens with one attached hydrogen (secondary N) is 1. The van der Waals surface area contributed by atoms with Gasteiger partial charge in [0.2, 0.25) is 5.91 Å². The largest absolute Gasteiger partial charge is 0.354 e. The third-order valence-electron chi connectivity index (χ3n) is 5.31. The summed E-state index contributed by atoms with van der Waals surface area (Å²) in [6.07, 6.45) is 1.83. The molecule has 2 heterocycles. The van der Waals surface area contributed by atoms with E-state index in [2.05, 4.69) is 20.4 Å². The van der Waals surface area contributed by atoms with Crippen LogP contribution in [0.1, 0.15) is 18.4 Å². The van der Waals surface area contributed by atoms with E-state index in [1.807, 2.05) is 67.6 Å². The van der Waals surface area contributed by atoms with Crippen molar-refractivity contribution in [1.29, 1.82) is 0 Å². The molecule has 1 atom stereocenters. The molecule has 1 N–H and O–H groups in total. The molecular formula is C23H23ClN4O. The summed E-state index contributed by atoms with van der Waals surface area (Å²) in [6, 6.07) is 19.3. The Hall–Kier alpha value is -2.92. The summed E-state index contributed by atoms with van der Waals surface area (Å²) in [6.45, 7) is 3.52. The lowest BCUT2D eigenvalue weighted by Gasteiger charge is -2.32. The van der Waals surface area contributed by atoms with Crippen LogP contribution in [0, 0.1) is 12.8 Å². The van der Waals surface area contributed by atoms with Gasteiger partial charge in [-0.2, -0.15) is 0 Å². The molecule has 0 radical (unpaired) electrons. The van der Waals surface area contributed by atoms with Gasteiger partial charge >= 0.3 is 0 Å². The van der Waals surface area contributed by atoms with E-state index in [0.29, 0.717) is 11.6 Å². The van der Waals surface area contributed by atoms with Crippen molar-refractivity contribution in [1.82, 2.24) is 10.2 Å². The molecule has 1 amide bonds. The number of benzene rings is 2. The number of anilines is 2. The number of para-hydroxylation sites is 1. The van der Waals surface area contributed by atoms with Gasteiger partial charge in [-0.15, -0.1) is 10.2 Å². The van der Waals surface area contributed by atoms with Crippen LogP contribution < -0.4 is 10.2 Å². The van der Waals surface area contributed by atoms with Gasteiger partial charge in [0.15, 0.2) is 5.82 Å². The number of carbonyl (C=O) groups is 1. The van der Waals surface area contributed by atoms with Crippen LogP contribution in [0.3, 0.4) is 0 Å². The number of piperidine rings is 1. The Balaban J connectivity index is 1.43. The molecule has 1 aliphatic rings. The number of amides is 1. The van der Waals surface area contributed by atoms with Gasteiger partial charge in [-0.25, -0.2) is 0 Å². The smallest absolute Gasteiger partial charge is 0.229 e. The number of halogens is 1. The Labute approximate surface area is 175 Å². The molecule has 148 valence electrons. The average Bonchev–Trinajstić information content (AvgIpc) is 2.76. The molecule has 29 heavy (non-hydrogen) atoms. The fourth-order valence-electron chi connectivity index (χ4n) is 3.62. The second-order valence-electron chi connectivity index (χ2n) is 7.37. The van der Waals surface area contributed by atoms with Crippen LogP contribution >= 0.6 is 11.6 Å². The summed E-state index contributed by atoms with van der Waals surface area (Å²) in [7, 11) is 0. The molecule has 5 nitrogen and oxygen atoms in total. The van der Waals surface area contributed by atoms with Crippen molar-refractivity contribution in [2.75, 3.05) is 23.3 Å². The molecule has 3 aromatic rings. The maximum Gasteiger partial charge on any atom is 0.229 e. The van der Waals surface area contributed by atoms with Crippen molar-refractivity contribution < 1.29 is 4.79 Å². The van der Waals surface area contributed by atoms with Gasteiger partial charge in [0, 0.05) is 29.4 Å². The van der Waals surface area contributed by atoms with Crippen molar-refractivity contribution in [3.8, 4) is 11.3 Å². The van der Waals surface area contributed by atoms with E-state index >= 15 is 0 Å². The van der Waals surface area contributed by atoms with E-state index < -0.39 is 0 Å². The summed E-state index contributed by atoms with van der Waals surface area (Å²) in [5, 5.41) is 12.5. The molecule has 0 aliphatic carbocycles. The fourth-order valence-corrected chi connectivity index (χ4v) is 3.74. The van der Waals surface area contributed by atoms with Crippen LogP contribution in [0.5, 0.6) is 0 Å². The molecule has 0 bridgehead atoms. The maximum absolute atomic E-state index is 12.8. The van der Waals surface area contributed by atoms with E-state index in [4.69, 9.17) is 11.6 Å². The summed E-state index contributed by atoms with van der Waals surface area (Å²) >= 11 is 5.95. The molecule has 1 saturated heterocycles. The number of aromatic nitrogens is 2. The summed E-state index contributed by atoms with van der Waals surface area (Å²) in [4.78, 5) is 14.9. The number of hydrogen-bond acceptors (Lipinski definition) is 4. The maximum atomic E-state index is 12.8. The third kappa shape index (κ3) is 4.57. The minimum Gasteiger partial charge on any atom is -0.354 e. The Morgan fingerprint density at radius 1 is 1.07 bits per heavy atom. The molecule has 1 unspecified atom stereocenters. The van der Waals surface area contributed by atoms with Crippen LogP contribution in [0.2, 0.25) is 5.02 Å². The second-order valence-corrected chi connectivity index (χ2v) is 7.81. The highest BCUT2D eigenvalue weighted by Gasteiger charge is 2.27. The first kappa shape index (κ1) is 19.4. The zero-order chi connectivity index (χ0) is 20.2. The van der Waals surface area contributed by atoms with Gasteiger partial charge in [-0.1, -0.05) is 41.9 Å². The molecule has 0 saturated carbocycles. The van der Waals surface area contributed by atoms with Gasteiger partial charge < -0.3 is 10.2 Å². The minimum atomic E-state index is -0.0684. The van der Waals surface area contributed by atoms with Gasteiger partial charge in [0.05, 0.1) is 11.6 Å². The van der Waals surface area contributed by atoms with E-state index in [-0.39, 0.29) is 11.8 Å². The lowest BCUT2D eigenvalue weighted by molar-refractivity contribution is -0.120. The van der Waals surface area contributed by atoms with E-state index in [1.165, 1.54) is 0 Å². The lowest BCUT2D eigenvalue weighted by Crippen LogP contribution is -2.41. The fraction of sp³-hybridized carbons (Fsp3) is 0.261. The topological polar surface area (TPSA) is 58.1 Å². The van der Waals surface area contributed by atoms with Crippen LogP contribution in [-0.2, 0) is 4.79 Å². The van der Waals surface area contributed by atoms with Crippen molar-refractivity contribution in [2.45, 2.75) is 19.8 Å². The van der Waals surface area contributed by atoms with Crippen LogP contribution in [0.4, 0.5) is 11.5 Å². The van der Waals surface area contributed by atoms with Crippen molar-refractivity contribution in [2.24, 2.45) is 5.92 Å². The Morgan fingerprint density at radius 2 is 1.86 bits per heavy atom.